The van der Waals surface area contributed by atoms with Gasteiger partial charge in [-0.1, -0.05) is 0 Å². The van der Waals surface area contributed by atoms with E-state index < -0.39 is 5.97 Å². The molecule has 0 aromatic carbocycles. The zero-order valence-electron chi connectivity index (χ0n) is 9.94. The molecule has 0 bridgehead atoms. The first kappa shape index (κ1) is 11.5. The van der Waals surface area contributed by atoms with Crippen molar-refractivity contribution in [2.24, 2.45) is 0 Å². The average molecular weight is 266 g/mol. The predicted molar refractivity (Wildman–Crippen MR) is 66.0 cm³/mol. The molecule has 94 valence electrons. The molecule has 18 heavy (non-hydrogen) atoms. The van der Waals surface area contributed by atoms with Gasteiger partial charge in [0.25, 0.3) is 0 Å². The van der Waals surface area contributed by atoms with Crippen LogP contribution in [0.2, 0.25) is 5.28 Å². The molecule has 2 aromatic heterocycles. The Balaban J connectivity index is 2.26. The minimum atomic E-state index is -0.406. The number of hydrogen-bond acceptors (Lipinski definition) is 4. The van der Waals surface area contributed by atoms with Gasteiger partial charge < -0.3 is 4.74 Å². The lowest BCUT2D eigenvalue weighted by Crippen LogP contribution is -2.07. The summed E-state index contributed by atoms with van der Waals surface area (Å²) in [5.74, 6) is -0.406. The lowest BCUT2D eigenvalue weighted by Gasteiger charge is -2.06. The van der Waals surface area contributed by atoms with Gasteiger partial charge in [0.15, 0.2) is 5.69 Å². The van der Waals surface area contributed by atoms with Gasteiger partial charge in [0.2, 0.25) is 5.28 Å². The summed E-state index contributed by atoms with van der Waals surface area (Å²) in [4.78, 5) is 20.3. The van der Waals surface area contributed by atoms with Crippen LogP contribution in [0.25, 0.3) is 5.52 Å². The first-order valence-corrected chi connectivity index (χ1v) is 6.31. The van der Waals surface area contributed by atoms with E-state index in [0.29, 0.717) is 17.6 Å². The molecule has 5 nitrogen and oxygen atoms in total. The number of halogens is 1. The maximum Gasteiger partial charge on any atom is 0.359 e. The zero-order chi connectivity index (χ0) is 12.7. The van der Waals surface area contributed by atoms with Crippen molar-refractivity contribution in [3.05, 3.63) is 28.6 Å². The fourth-order valence-corrected chi connectivity index (χ4v) is 2.63. The first-order chi connectivity index (χ1) is 8.72. The number of rotatable bonds is 2. The molecule has 2 heterocycles. The number of esters is 1. The smallest absolute Gasteiger partial charge is 0.359 e. The van der Waals surface area contributed by atoms with Crippen molar-refractivity contribution in [2.45, 2.75) is 26.2 Å². The van der Waals surface area contributed by atoms with Gasteiger partial charge in [-0.15, -0.1) is 0 Å². The first-order valence-electron chi connectivity index (χ1n) is 5.93. The molecule has 0 fully saturated rings. The highest BCUT2D eigenvalue weighted by Gasteiger charge is 2.24. The Morgan fingerprint density at radius 2 is 2.39 bits per heavy atom. The number of fused-ring (bicyclic) bond motifs is 3. The van der Waals surface area contributed by atoms with Crippen LogP contribution in [-0.2, 0) is 17.6 Å². The lowest BCUT2D eigenvalue weighted by atomic mass is 10.2. The van der Waals surface area contributed by atoms with Crippen molar-refractivity contribution in [1.82, 2.24) is 14.4 Å². The number of aromatic nitrogens is 3. The number of aryl methyl sites for hydroxylation is 2. The standard InChI is InChI=1S/C12H12ClN3O2/c1-2-18-11(17)9-10-7-4-3-5-8(7)15-12(13)16(10)6-14-9/h6H,2-5H2,1H3. The lowest BCUT2D eigenvalue weighted by molar-refractivity contribution is 0.0522. The molecule has 0 atom stereocenters. The number of carbonyl (C=O) groups excluding carboxylic acids is 1. The Morgan fingerprint density at radius 1 is 1.56 bits per heavy atom. The molecule has 6 heteroatoms. The molecular weight excluding hydrogens is 254 g/mol. The van der Waals surface area contributed by atoms with Gasteiger partial charge in [0.1, 0.15) is 6.33 Å². The normalized spacial score (nSPS) is 13.9. The van der Waals surface area contributed by atoms with Gasteiger partial charge in [0.05, 0.1) is 12.1 Å². The number of imidazole rings is 1. The van der Waals surface area contributed by atoms with Crippen LogP contribution in [0.1, 0.15) is 35.1 Å². The van der Waals surface area contributed by atoms with Crippen molar-refractivity contribution < 1.29 is 9.53 Å². The largest absolute Gasteiger partial charge is 0.461 e. The van der Waals surface area contributed by atoms with Crippen LogP contribution in [0.3, 0.4) is 0 Å². The molecule has 1 aliphatic carbocycles. The summed E-state index contributed by atoms with van der Waals surface area (Å²) in [6.07, 6.45) is 4.36. The number of ether oxygens (including phenoxy) is 1. The summed E-state index contributed by atoms with van der Waals surface area (Å²) in [5.41, 5.74) is 3.12. The third-order valence-corrected chi connectivity index (χ3v) is 3.40. The Morgan fingerprint density at radius 3 is 3.17 bits per heavy atom. The fourth-order valence-electron chi connectivity index (χ4n) is 2.40. The van der Waals surface area contributed by atoms with Gasteiger partial charge in [-0.25, -0.2) is 14.8 Å². The fraction of sp³-hybridized carbons (Fsp3) is 0.417. The Kier molecular flexibility index (Phi) is 2.70. The van der Waals surface area contributed by atoms with E-state index in [-0.39, 0.29) is 0 Å². The molecule has 2 aromatic rings. The van der Waals surface area contributed by atoms with Gasteiger partial charge >= 0.3 is 5.97 Å². The highest BCUT2D eigenvalue weighted by atomic mass is 35.5. The number of hydrogen-bond donors (Lipinski definition) is 0. The number of nitrogens with zero attached hydrogens (tertiary/aromatic N) is 3. The summed E-state index contributed by atoms with van der Waals surface area (Å²) in [6, 6.07) is 0. The predicted octanol–water partition coefficient (Wildman–Crippen LogP) is 2.05. The van der Waals surface area contributed by atoms with E-state index >= 15 is 0 Å². The highest BCUT2D eigenvalue weighted by molar-refractivity contribution is 6.28. The van der Waals surface area contributed by atoms with Crippen molar-refractivity contribution >= 4 is 23.1 Å². The van der Waals surface area contributed by atoms with E-state index in [9.17, 15) is 4.79 Å². The Labute approximate surface area is 109 Å². The van der Waals surface area contributed by atoms with Crippen molar-refractivity contribution in [3.63, 3.8) is 0 Å². The molecular formula is C12H12ClN3O2. The monoisotopic (exact) mass is 265 g/mol. The van der Waals surface area contributed by atoms with Gasteiger partial charge in [-0.2, -0.15) is 0 Å². The second kappa shape index (κ2) is 4.24. The van der Waals surface area contributed by atoms with E-state index in [2.05, 4.69) is 9.97 Å². The van der Waals surface area contributed by atoms with Crippen LogP contribution in [0.15, 0.2) is 6.33 Å². The van der Waals surface area contributed by atoms with Crippen LogP contribution in [0.5, 0.6) is 0 Å². The summed E-state index contributed by atoms with van der Waals surface area (Å²) >= 11 is 6.10. The molecule has 0 aliphatic heterocycles. The quantitative estimate of drug-likeness (QED) is 0.616. The van der Waals surface area contributed by atoms with Gasteiger partial charge in [-0.05, 0) is 37.8 Å². The second-order valence-corrected chi connectivity index (χ2v) is 4.53. The topological polar surface area (TPSA) is 56.5 Å². The average Bonchev–Trinajstić information content (AvgIpc) is 2.93. The minimum absolute atomic E-state index is 0.332. The molecule has 0 N–H and O–H groups in total. The maximum absolute atomic E-state index is 11.9. The summed E-state index contributed by atoms with van der Waals surface area (Å²) in [6.45, 7) is 2.11. The van der Waals surface area contributed by atoms with Crippen molar-refractivity contribution in [1.29, 1.82) is 0 Å². The molecule has 0 amide bonds. The Bertz CT molecular complexity index is 636. The van der Waals surface area contributed by atoms with Crippen LogP contribution < -0.4 is 0 Å². The second-order valence-electron chi connectivity index (χ2n) is 4.19. The molecule has 0 saturated heterocycles. The zero-order valence-corrected chi connectivity index (χ0v) is 10.7. The van der Waals surface area contributed by atoms with E-state index in [0.717, 1.165) is 36.0 Å². The van der Waals surface area contributed by atoms with E-state index in [1.54, 1.807) is 11.3 Å². The van der Waals surface area contributed by atoms with Gasteiger partial charge in [0, 0.05) is 11.3 Å². The van der Waals surface area contributed by atoms with Crippen LogP contribution in [0.4, 0.5) is 0 Å². The van der Waals surface area contributed by atoms with Gasteiger partial charge in [-0.3, -0.25) is 4.40 Å². The molecule has 0 saturated carbocycles. The minimum Gasteiger partial charge on any atom is -0.461 e. The van der Waals surface area contributed by atoms with E-state index in [4.69, 9.17) is 16.3 Å². The highest BCUT2D eigenvalue weighted by Crippen LogP contribution is 2.29. The molecule has 0 unspecified atom stereocenters. The van der Waals surface area contributed by atoms with Crippen molar-refractivity contribution in [3.8, 4) is 0 Å². The molecule has 3 rings (SSSR count). The number of carbonyl (C=O) groups is 1. The summed E-state index contributed by atoms with van der Waals surface area (Å²) < 4.78 is 6.67. The molecule has 1 aliphatic rings. The van der Waals surface area contributed by atoms with E-state index in [1.807, 2.05) is 0 Å². The summed E-state index contributed by atoms with van der Waals surface area (Å²) in [5, 5.41) is 0.341. The SMILES string of the molecule is CCOC(=O)c1ncn2c(Cl)nc3c(c12)CCC3. The summed E-state index contributed by atoms with van der Waals surface area (Å²) in [7, 11) is 0. The Hall–Kier alpha value is -1.62. The maximum atomic E-state index is 11.9. The van der Waals surface area contributed by atoms with Crippen molar-refractivity contribution in [2.75, 3.05) is 6.61 Å². The van der Waals surface area contributed by atoms with Crippen LogP contribution >= 0.6 is 11.6 Å². The van der Waals surface area contributed by atoms with Crippen LogP contribution in [0, 0.1) is 0 Å². The van der Waals surface area contributed by atoms with E-state index in [1.165, 1.54) is 6.33 Å². The third kappa shape index (κ3) is 1.58. The van der Waals surface area contributed by atoms with Crippen LogP contribution in [-0.4, -0.2) is 26.9 Å². The third-order valence-electron chi connectivity index (χ3n) is 3.14. The molecule has 0 spiro atoms. The molecule has 0 radical (unpaired) electrons.